The van der Waals surface area contributed by atoms with Crippen LogP contribution >= 0.6 is 0 Å². The number of aromatic amines is 2. The Morgan fingerprint density at radius 3 is 2.03 bits per heavy atom. The molecule has 0 saturated carbocycles. The Kier molecular flexibility index (Phi) is 5.13. The highest BCUT2D eigenvalue weighted by Gasteiger charge is 2.26. The Morgan fingerprint density at radius 1 is 0.788 bits per heavy atom. The van der Waals surface area contributed by atoms with E-state index in [0.717, 1.165) is 60.6 Å². The highest BCUT2D eigenvalue weighted by atomic mass is 16.5. The molecule has 3 N–H and O–H groups in total. The van der Waals surface area contributed by atoms with Gasteiger partial charge in [0.05, 0.1) is 13.2 Å². The minimum absolute atomic E-state index is 0.109. The first-order valence-corrected chi connectivity index (χ1v) is 11.5. The maximum Gasteiger partial charge on any atom is 0.119 e. The Morgan fingerprint density at radius 2 is 1.39 bits per heavy atom. The van der Waals surface area contributed by atoms with Crippen molar-refractivity contribution in [2.45, 2.75) is 12.5 Å². The zero-order valence-corrected chi connectivity index (χ0v) is 18.4. The summed E-state index contributed by atoms with van der Waals surface area (Å²) in [6, 6.07) is 22.8. The number of phenols is 1. The van der Waals surface area contributed by atoms with E-state index in [-0.39, 0.29) is 5.92 Å². The molecule has 1 aliphatic rings. The number of para-hydroxylation sites is 2. The molecule has 6 rings (SSSR count). The van der Waals surface area contributed by atoms with E-state index in [1.54, 1.807) is 0 Å². The number of ether oxygens (including phenoxy) is 1. The molecule has 1 fully saturated rings. The zero-order valence-electron chi connectivity index (χ0n) is 18.4. The summed E-state index contributed by atoms with van der Waals surface area (Å²) in [5.41, 5.74) is 6.65. The highest BCUT2D eigenvalue weighted by molar-refractivity contribution is 5.89. The van der Waals surface area contributed by atoms with Gasteiger partial charge in [0.2, 0.25) is 0 Å². The summed E-state index contributed by atoms with van der Waals surface area (Å²) >= 11 is 0. The minimum Gasteiger partial charge on any atom is -0.508 e. The van der Waals surface area contributed by atoms with Gasteiger partial charge in [0.25, 0.3) is 0 Å². The summed E-state index contributed by atoms with van der Waals surface area (Å²) in [5, 5.41) is 13.4. The molecule has 2 aromatic heterocycles. The number of H-pyrrole nitrogens is 2. The molecule has 0 spiro atoms. The summed E-state index contributed by atoms with van der Waals surface area (Å²) in [5.74, 6) is 0.211. The molecule has 5 aromatic rings. The average Bonchev–Trinajstić information content (AvgIpc) is 3.47. The van der Waals surface area contributed by atoms with Gasteiger partial charge in [-0.3, -0.25) is 4.90 Å². The maximum atomic E-state index is 11.1. The number of hydrogen-bond donors (Lipinski definition) is 3. The molecular formula is C28H27N3O2. The van der Waals surface area contributed by atoms with E-state index < -0.39 is 0 Å². The lowest BCUT2D eigenvalue weighted by Crippen LogP contribution is -2.35. The largest absolute Gasteiger partial charge is 0.508 e. The van der Waals surface area contributed by atoms with Gasteiger partial charge in [-0.25, -0.2) is 0 Å². The van der Waals surface area contributed by atoms with Gasteiger partial charge in [0.15, 0.2) is 0 Å². The second kappa shape index (κ2) is 8.43. The lowest BCUT2D eigenvalue weighted by molar-refractivity contribution is 0.0342. The van der Waals surface area contributed by atoms with Crippen molar-refractivity contribution >= 4 is 21.8 Å². The molecule has 33 heavy (non-hydrogen) atoms. The third-order valence-electron chi connectivity index (χ3n) is 6.78. The van der Waals surface area contributed by atoms with Crippen LogP contribution < -0.4 is 0 Å². The highest BCUT2D eigenvalue weighted by Crippen LogP contribution is 2.42. The standard InChI is InChI=1S/C28H27N3O2/c32-27-10-9-19(18-31-11-13-33-14-12-31)15-22(27)28(23-16-29-25-7-3-1-5-20(23)25)24-17-30-26-8-4-2-6-21(24)26/h1-10,15-17,28-30,32H,11-14,18H2. The van der Waals surface area contributed by atoms with Crippen molar-refractivity contribution in [3.63, 3.8) is 0 Å². The Balaban J connectivity index is 1.51. The molecule has 3 aromatic carbocycles. The molecule has 0 bridgehead atoms. The fourth-order valence-electron chi connectivity index (χ4n) is 5.12. The van der Waals surface area contributed by atoms with Gasteiger partial charge in [-0.05, 0) is 41.0 Å². The molecule has 0 radical (unpaired) electrons. The molecule has 3 heterocycles. The number of nitrogens with one attached hydrogen (secondary N) is 2. The van der Waals surface area contributed by atoms with Crippen LogP contribution in [-0.2, 0) is 11.3 Å². The van der Waals surface area contributed by atoms with Gasteiger partial charge >= 0.3 is 0 Å². The topological polar surface area (TPSA) is 64.3 Å². The van der Waals surface area contributed by atoms with E-state index in [4.69, 9.17) is 4.74 Å². The molecule has 1 aliphatic heterocycles. The fourth-order valence-corrected chi connectivity index (χ4v) is 5.12. The number of rotatable bonds is 5. The molecule has 166 valence electrons. The van der Waals surface area contributed by atoms with E-state index in [9.17, 15) is 5.11 Å². The third kappa shape index (κ3) is 3.69. The van der Waals surface area contributed by atoms with Crippen molar-refractivity contribution in [1.82, 2.24) is 14.9 Å². The third-order valence-corrected chi connectivity index (χ3v) is 6.78. The second-order valence-electron chi connectivity index (χ2n) is 8.79. The second-order valence-corrected chi connectivity index (χ2v) is 8.79. The molecule has 0 unspecified atom stereocenters. The van der Waals surface area contributed by atoms with Crippen LogP contribution in [0.4, 0.5) is 0 Å². The van der Waals surface area contributed by atoms with Crippen LogP contribution in [0, 0.1) is 0 Å². The predicted molar refractivity (Wildman–Crippen MR) is 132 cm³/mol. The number of benzene rings is 3. The number of fused-ring (bicyclic) bond motifs is 2. The Labute approximate surface area is 192 Å². The quantitative estimate of drug-likeness (QED) is 0.346. The lowest BCUT2D eigenvalue weighted by atomic mass is 9.83. The number of nitrogens with zero attached hydrogens (tertiary/aromatic N) is 1. The maximum absolute atomic E-state index is 11.1. The van der Waals surface area contributed by atoms with Crippen LogP contribution in [0.3, 0.4) is 0 Å². The molecule has 0 atom stereocenters. The number of hydrogen-bond acceptors (Lipinski definition) is 3. The predicted octanol–water partition coefficient (Wildman–Crippen LogP) is 5.37. The van der Waals surface area contributed by atoms with Gasteiger partial charge in [0, 0.05) is 65.3 Å². The van der Waals surface area contributed by atoms with Crippen molar-refractivity contribution < 1.29 is 9.84 Å². The van der Waals surface area contributed by atoms with Gasteiger partial charge in [0.1, 0.15) is 5.75 Å². The molecule has 1 saturated heterocycles. The first-order chi connectivity index (χ1) is 16.3. The molecule has 0 aliphatic carbocycles. The number of aromatic nitrogens is 2. The Hall–Kier alpha value is -3.54. The van der Waals surface area contributed by atoms with E-state index in [2.05, 4.69) is 69.7 Å². The smallest absolute Gasteiger partial charge is 0.119 e. The van der Waals surface area contributed by atoms with Crippen LogP contribution in [-0.4, -0.2) is 46.3 Å². The van der Waals surface area contributed by atoms with Gasteiger partial charge in [-0.15, -0.1) is 0 Å². The molecule has 5 nitrogen and oxygen atoms in total. The van der Waals surface area contributed by atoms with Gasteiger partial charge in [-0.1, -0.05) is 42.5 Å². The Bertz CT molecular complexity index is 1340. The van der Waals surface area contributed by atoms with Crippen LogP contribution in [0.1, 0.15) is 28.2 Å². The van der Waals surface area contributed by atoms with Crippen molar-refractivity contribution in [3.8, 4) is 5.75 Å². The summed E-state index contributed by atoms with van der Waals surface area (Å²) in [6.07, 6.45) is 4.18. The monoisotopic (exact) mass is 437 g/mol. The summed E-state index contributed by atoms with van der Waals surface area (Å²) in [7, 11) is 0. The van der Waals surface area contributed by atoms with Gasteiger partial charge < -0.3 is 19.8 Å². The van der Waals surface area contributed by atoms with Crippen LogP contribution in [0.15, 0.2) is 79.1 Å². The van der Waals surface area contributed by atoms with Crippen LogP contribution in [0.2, 0.25) is 0 Å². The van der Waals surface area contributed by atoms with E-state index in [1.807, 2.05) is 24.3 Å². The van der Waals surface area contributed by atoms with Crippen molar-refractivity contribution in [3.05, 3.63) is 101 Å². The van der Waals surface area contributed by atoms with E-state index >= 15 is 0 Å². The molecule has 0 amide bonds. The van der Waals surface area contributed by atoms with Crippen LogP contribution in [0.5, 0.6) is 5.75 Å². The summed E-state index contributed by atoms with van der Waals surface area (Å²) < 4.78 is 5.51. The lowest BCUT2D eigenvalue weighted by Gasteiger charge is -2.27. The SMILES string of the molecule is Oc1ccc(CN2CCOCC2)cc1C(c1c[nH]c2ccccc12)c1c[nH]c2ccccc12. The van der Waals surface area contributed by atoms with Crippen molar-refractivity contribution in [2.24, 2.45) is 0 Å². The van der Waals surface area contributed by atoms with E-state index in [1.165, 1.54) is 16.3 Å². The zero-order chi connectivity index (χ0) is 22.2. The van der Waals surface area contributed by atoms with Crippen molar-refractivity contribution in [1.29, 1.82) is 0 Å². The normalized spacial score (nSPS) is 15.1. The minimum atomic E-state index is -0.109. The first-order valence-electron chi connectivity index (χ1n) is 11.5. The van der Waals surface area contributed by atoms with Crippen molar-refractivity contribution in [2.75, 3.05) is 26.3 Å². The summed E-state index contributed by atoms with van der Waals surface area (Å²) in [6.45, 7) is 4.27. The molecule has 5 heteroatoms. The summed E-state index contributed by atoms with van der Waals surface area (Å²) in [4.78, 5) is 9.28. The number of morpholine rings is 1. The average molecular weight is 438 g/mol. The van der Waals surface area contributed by atoms with Crippen LogP contribution in [0.25, 0.3) is 21.8 Å². The molecular weight excluding hydrogens is 410 g/mol. The fraction of sp³-hybridized carbons (Fsp3) is 0.214. The van der Waals surface area contributed by atoms with Gasteiger partial charge in [-0.2, -0.15) is 0 Å². The van der Waals surface area contributed by atoms with E-state index in [0.29, 0.717) is 5.75 Å². The number of aromatic hydroxyl groups is 1. The number of phenolic OH excluding ortho intramolecular Hbond substituents is 1. The first kappa shape index (κ1) is 20.1.